The normalized spacial score (nSPS) is 11.2. The van der Waals surface area contributed by atoms with E-state index in [1.54, 1.807) is 19.1 Å². The zero-order chi connectivity index (χ0) is 14.0. The second-order valence-electron chi connectivity index (χ2n) is 4.85. The topological polar surface area (TPSA) is 48.1 Å². The second kappa shape index (κ2) is 5.40. The largest absolute Gasteiger partial charge is 0.356 e. The molecule has 2 aromatic rings. The van der Waals surface area contributed by atoms with Crippen molar-refractivity contribution in [3.05, 3.63) is 35.3 Å². The first-order chi connectivity index (χ1) is 9.00. The van der Waals surface area contributed by atoms with Gasteiger partial charge in [-0.3, -0.25) is 4.79 Å². The molecule has 1 aromatic carbocycles. The van der Waals surface area contributed by atoms with Crippen LogP contribution >= 0.6 is 0 Å². The minimum Gasteiger partial charge on any atom is -0.356 e. The molecule has 1 amide bonds. The lowest BCUT2D eigenvalue weighted by Gasteiger charge is -2.10. The number of nitrogens with zero attached hydrogens (tertiary/aromatic N) is 1. The lowest BCUT2D eigenvalue weighted by atomic mass is 10.1. The van der Waals surface area contributed by atoms with Gasteiger partial charge in [0.2, 0.25) is 0 Å². The highest BCUT2D eigenvalue weighted by Crippen LogP contribution is 2.23. The molecule has 5 heteroatoms. The van der Waals surface area contributed by atoms with Gasteiger partial charge in [0.05, 0.1) is 11.1 Å². The first-order valence-electron chi connectivity index (χ1n) is 6.20. The van der Waals surface area contributed by atoms with Crippen molar-refractivity contribution < 1.29 is 9.18 Å². The van der Waals surface area contributed by atoms with E-state index in [0.717, 1.165) is 6.54 Å². The summed E-state index contributed by atoms with van der Waals surface area (Å²) in [6.45, 7) is 3.11. The third-order valence-electron chi connectivity index (χ3n) is 3.04. The molecular formula is C14H18FN3O. The second-order valence-corrected chi connectivity index (χ2v) is 4.85. The molecule has 19 heavy (non-hydrogen) atoms. The molecule has 0 aliphatic carbocycles. The van der Waals surface area contributed by atoms with Gasteiger partial charge in [0.15, 0.2) is 0 Å². The molecule has 2 N–H and O–H groups in total. The van der Waals surface area contributed by atoms with Gasteiger partial charge in [0.1, 0.15) is 5.82 Å². The molecule has 0 fully saturated rings. The van der Waals surface area contributed by atoms with E-state index in [9.17, 15) is 9.18 Å². The molecule has 0 spiro atoms. The van der Waals surface area contributed by atoms with Gasteiger partial charge in [0, 0.05) is 24.2 Å². The molecule has 4 nitrogen and oxygen atoms in total. The van der Waals surface area contributed by atoms with Crippen LogP contribution in [0.3, 0.4) is 0 Å². The summed E-state index contributed by atoms with van der Waals surface area (Å²) >= 11 is 0. The highest BCUT2D eigenvalue weighted by Gasteiger charge is 2.17. The van der Waals surface area contributed by atoms with Crippen molar-refractivity contribution in [1.29, 1.82) is 0 Å². The number of H-pyrrole nitrogens is 1. The van der Waals surface area contributed by atoms with Crippen LogP contribution in [0.1, 0.15) is 16.1 Å². The first-order valence-corrected chi connectivity index (χ1v) is 6.20. The molecule has 102 valence electrons. The van der Waals surface area contributed by atoms with Gasteiger partial charge < -0.3 is 15.2 Å². The number of rotatable bonds is 4. The summed E-state index contributed by atoms with van der Waals surface area (Å²) in [5.74, 6) is -0.510. The predicted octanol–water partition coefficient (Wildman–Crippen LogP) is 1.91. The Morgan fingerprint density at radius 3 is 2.84 bits per heavy atom. The monoisotopic (exact) mass is 263 g/mol. The molecule has 0 atom stereocenters. The molecule has 2 rings (SSSR count). The standard InChI is InChI=1S/C14H18FN3O/c1-9-12(14(19)16-7-8-18(2)3)10-5-4-6-11(15)13(10)17-9/h4-6,17H,7-8H2,1-3H3,(H,16,19). The zero-order valence-corrected chi connectivity index (χ0v) is 11.4. The Balaban J connectivity index is 2.27. The number of hydrogen-bond donors (Lipinski definition) is 2. The molecule has 0 saturated carbocycles. The minimum absolute atomic E-state index is 0.170. The Bertz CT molecular complexity index is 604. The molecule has 0 bridgehead atoms. The SMILES string of the molecule is Cc1[nH]c2c(F)cccc2c1C(=O)NCCN(C)C. The maximum Gasteiger partial charge on any atom is 0.253 e. The average Bonchev–Trinajstić information content (AvgIpc) is 2.66. The van der Waals surface area contributed by atoms with Gasteiger partial charge in [-0.2, -0.15) is 0 Å². The van der Waals surface area contributed by atoms with Crippen molar-refractivity contribution in [2.45, 2.75) is 6.92 Å². The molecule has 0 saturated heterocycles. The number of fused-ring (bicyclic) bond motifs is 1. The number of halogens is 1. The van der Waals surface area contributed by atoms with E-state index in [2.05, 4.69) is 10.3 Å². The maximum atomic E-state index is 13.6. The third-order valence-corrected chi connectivity index (χ3v) is 3.04. The van der Waals surface area contributed by atoms with Crippen LogP contribution in [-0.2, 0) is 0 Å². The molecule has 0 aliphatic rings. The fourth-order valence-electron chi connectivity index (χ4n) is 2.09. The number of carbonyl (C=O) groups excluding carboxylic acids is 1. The summed E-state index contributed by atoms with van der Waals surface area (Å²) in [5, 5.41) is 3.47. The van der Waals surface area contributed by atoms with Crippen molar-refractivity contribution in [2.24, 2.45) is 0 Å². The summed E-state index contributed by atoms with van der Waals surface area (Å²) in [4.78, 5) is 17.1. The zero-order valence-electron chi connectivity index (χ0n) is 11.4. The van der Waals surface area contributed by atoms with Crippen molar-refractivity contribution in [2.75, 3.05) is 27.2 Å². The Kier molecular flexibility index (Phi) is 3.85. The average molecular weight is 263 g/mol. The Morgan fingerprint density at radius 1 is 1.42 bits per heavy atom. The number of benzene rings is 1. The predicted molar refractivity (Wildman–Crippen MR) is 73.9 cm³/mol. The van der Waals surface area contributed by atoms with Crippen LogP contribution < -0.4 is 5.32 Å². The van der Waals surface area contributed by atoms with Crippen molar-refractivity contribution in [3.63, 3.8) is 0 Å². The number of carbonyl (C=O) groups is 1. The van der Waals surface area contributed by atoms with Crippen LogP contribution in [0.5, 0.6) is 0 Å². The summed E-state index contributed by atoms with van der Waals surface area (Å²) in [7, 11) is 3.89. The maximum absolute atomic E-state index is 13.6. The van der Waals surface area contributed by atoms with Gasteiger partial charge in [-0.25, -0.2) is 4.39 Å². The number of para-hydroxylation sites is 1. The van der Waals surface area contributed by atoms with Gasteiger partial charge in [-0.1, -0.05) is 12.1 Å². The number of aromatic amines is 1. The number of amides is 1. The number of nitrogens with one attached hydrogen (secondary N) is 2. The quantitative estimate of drug-likeness (QED) is 0.885. The lowest BCUT2D eigenvalue weighted by molar-refractivity contribution is 0.0952. The van der Waals surface area contributed by atoms with Crippen molar-refractivity contribution in [3.8, 4) is 0 Å². The van der Waals surface area contributed by atoms with Crippen LogP contribution in [0.2, 0.25) is 0 Å². The van der Waals surface area contributed by atoms with Crippen molar-refractivity contribution >= 4 is 16.8 Å². The van der Waals surface area contributed by atoms with Crippen LogP contribution in [0.4, 0.5) is 4.39 Å². The lowest BCUT2D eigenvalue weighted by Crippen LogP contribution is -2.31. The van der Waals surface area contributed by atoms with Crippen LogP contribution in [-0.4, -0.2) is 43.0 Å². The fourth-order valence-corrected chi connectivity index (χ4v) is 2.09. The van der Waals surface area contributed by atoms with E-state index in [1.165, 1.54) is 6.07 Å². The molecule has 0 radical (unpaired) electrons. The number of aryl methyl sites for hydroxylation is 1. The number of hydrogen-bond acceptors (Lipinski definition) is 2. The van der Waals surface area contributed by atoms with Gasteiger partial charge >= 0.3 is 0 Å². The summed E-state index contributed by atoms with van der Waals surface area (Å²) in [6, 6.07) is 4.75. The molecular weight excluding hydrogens is 245 g/mol. The van der Waals surface area contributed by atoms with Crippen LogP contribution in [0.15, 0.2) is 18.2 Å². The van der Waals surface area contributed by atoms with E-state index in [-0.39, 0.29) is 11.7 Å². The molecule has 1 aromatic heterocycles. The molecule has 0 aliphatic heterocycles. The highest BCUT2D eigenvalue weighted by atomic mass is 19.1. The van der Waals surface area contributed by atoms with Gasteiger partial charge in [-0.05, 0) is 27.1 Å². The third kappa shape index (κ3) is 2.76. The summed E-state index contributed by atoms with van der Waals surface area (Å²) < 4.78 is 13.6. The van der Waals surface area contributed by atoms with Crippen LogP contribution in [0.25, 0.3) is 10.9 Å². The minimum atomic E-state index is -0.340. The smallest absolute Gasteiger partial charge is 0.253 e. The van der Waals surface area contributed by atoms with Crippen LogP contribution in [0, 0.1) is 12.7 Å². The van der Waals surface area contributed by atoms with E-state index >= 15 is 0 Å². The molecule has 1 heterocycles. The van der Waals surface area contributed by atoms with E-state index in [0.29, 0.717) is 28.7 Å². The first kappa shape index (κ1) is 13.5. The van der Waals surface area contributed by atoms with Gasteiger partial charge in [-0.15, -0.1) is 0 Å². The summed E-state index contributed by atoms with van der Waals surface area (Å²) in [5.41, 5.74) is 1.59. The fraction of sp³-hybridized carbons (Fsp3) is 0.357. The Labute approximate surface area is 111 Å². The van der Waals surface area contributed by atoms with Gasteiger partial charge in [0.25, 0.3) is 5.91 Å². The Hall–Kier alpha value is -1.88. The van der Waals surface area contributed by atoms with E-state index in [4.69, 9.17) is 0 Å². The van der Waals surface area contributed by atoms with E-state index in [1.807, 2.05) is 19.0 Å². The van der Waals surface area contributed by atoms with E-state index < -0.39 is 0 Å². The van der Waals surface area contributed by atoms with Crippen molar-refractivity contribution in [1.82, 2.24) is 15.2 Å². The number of aromatic nitrogens is 1. The Morgan fingerprint density at radius 2 is 2.16 bits per heavy atom. The number of likely N-dealkylation sites (N-methyl/N-ethyl adjacent to an activating group) is 1. The summed E-state index contributed by atoms with van der Waals surface area (Å²) in [6.07, 6.45) is 0. The molecule has 0 unspecified atom stereocenters. The highest BCUT2D eigenvalue weighted by molar-refractivity contribution is 6.08.